The molecule has 0 aliphatic carbocycles. The Morgan fingerprint density at radius 2 is 1.56 bits per heavy atom. The molecule has 2 rings (SSSR count). The molecule has 146 valence electrons. The lowest BCUT2D eigenvalue weighted by Gasteiger charge is -2.21. The van der Waals surface area contributed by atoms with Gasteiger partial charge in [-0.25, -0.2) is 0 Å². The van der Waals surface area contributed by atoms with Crippen LogP contribution in [0.3, 0.4) is 0 Å². The van der Waals surface area contributed by atoms with Crippen molar-refractivity contribution in [2.45, 2.75) is 45.7 Å². The van der Waals surface area contributed by atoms with E-state index in [-0.39, 0.29) is 17.5 Å². The summed E-state index contributed by atoms with van der Waals surface area (Å²) in [6.45, 7) is 10.4. The summed E-state index contributed by atoms with van der Waals surface area (Å²) in [6.07, 6.45) is 0.920. The van der Waals surface area contributed by atoms with Crippen LogP contribution in [-0.2, 0) is 4.79 Å². The van der Waals surface area contributed by atoms with Crippen molar-refractivity contribution in [2.24, 2.45) is 0 Å². The molecule has 0 saturated carbocycles. The van der Waals surface area contributed by atoms with Crippen LogP contribution < -0.4 is 16.0 Å². The molecule has 1 amide bonds. The summed E-state index contributed by atoms with van der Waals surface area (Å²) in [4.78, 5) is 12.2. The number of carbonyl (C=O) groups excluding carboxylic acids is 1. The first-order chi connectivity index (χ1) is 12.8. The maximum atomic E-state index is 12.2. The van der Waals surface area contributed by atoms with E-state index in [9.17, 15) is 4.79 Å². The molecule has 4 heteroatoms. The quantitative estimate of drug-likeness (QED) is 0.594. The van der Waals surface area contributed by atoms with Gasteiger partial charge in [-0.3, -0.25) is 10.1 Å². The lowest BCUT2D eigenvalue weighted by Crippen LogP contribution is -2.39. The normalized spacial score (nSPS) is 12.6. The number of carbonyl (C=O) groups is 1. The predicted octanol–water partition coefficient (Wildman–Crippen LogP) is 3.57. The van der Waals surface area contributed by atoms with Crippen molar-refractivity contribution in [1.29, 1.82) is 0 Å². The summed E-state index contributed by atoms with van der Waals surface area (Å²) in [5, 5.41) is 9.83. The van der Waals surface area contributed by atoms with Gasteiger partial charge in [0.25, 0.3) is 0 Å². The zero-order valence-electron chi connectivity index (χ0n) is 17.0. The van der Waals surface area contributed by atoms with E-state index in [1.807, 2.05) is 18.2 Å². The topological polar surface area (TPSA) is 53.2 Å². The van der Waals surface area contributed by atoms with Crippen molar-refractivity contribution < 1.29 is 4.79 Å². The van der Waals surface area contributed by atoms with Gasteiger partial charge in [0.05, 0.1) is 12.6 Å². The molecule has 0 aliphatic heterocycles. The second-order valence-electron chi connectivity index (χ2n) is 8.02. The second kappa shape index (κ2) is 10.2. The summed E-state index contributed by atoms with van der Waals surface area (Å²) in [5.74, 6) is 0.0267. The molecule has 0 aliphatic rings. The van der Waals surface area contributed by atoms with E-state index in [0.29, 0.717) is 13.1 Å². The minimum atomic E-state index is 0.0000993. The smallest absolute Gasteiger partial charge is 0.233 e. The van der Waals surface area contributed by atoms with E-state index in [2.05, 4.69) is 80.0 Å². The van der Waals surface area contributed by atoms with Crippen LogP contribution in [0.5, 0.6) is 0 Å². The van der Waals surface area contributed by atoms with Crippen LogP contribution in [0.15, 0.2) is 54.6 Å². The summed E-state index contributed by atoms with van der Waals surface area (Å²) in [6, 6.07) is 18.7. The third-order valence-electron chi connectivity index (χ3n) is 4.34. The number of benzene rings is 2. The number of aryl methyl sites for hydroxylation is 1. The highest BCUT2D eigenvalue weighted by molar-refractivity contribution is 5.78. The fourth-order valence-corrected chi connectivity index (χ4v) is 2.87. The Labute approximate surface area is 163 Å². The number of amides is 1. The zero-order valence-corrected chi connectivity index (χ0v) is 17.0. The molecular weight excluding hydrogens is 334 g/mol. The minimum Gasteiger partial charge on any atom is -0.355 e. The van der Waals surface area contributed by atoms with Crippen LogP contribution in [-0.4, -0.2) is 31.1 Å². The molecule has 0 heterocycles. The van der Waals surface area contributed by atoms with Gasteiger partial charge in [0.1, 0.15) is 0 Å². The summed E-state index contributed by atoms with van der Waals surface area (Å²) in [7, 11) is 0. The zero-order chi connectivity index (χ0) is 19.7. The van der Waals surface area contributed by atoms with Crippen molar-refractivity contribution in [3.05, 3.63) is 71.3 Å². The van der Waals surface area contributed by atoms with Crippen molar-refractivity contribution >= 4 is 5.91 Å². The van der Waals surface area contributed by atoms with E-state index in [1.165, 1.54) is 5.56 Å². The van der Waals surface area contributed by atoms with E-state index < -0.39 is 0 Å². The Morgan fingerprint density at radius 3 is 2.19 bits per heavy atom. The summed E-state index contributed by atoms with van der Waals surface area (Å²) < 4.78 is 0. The first-order valence-corrected chi connectivity index (χ1v) is 9.72. The molecule has 0 saturated heterocycles. The Kier molecular flexibility index (Phi) is 8.01. The monoisotopic (exact) mass is 367 g/mol. The molecule has 0 aromatic heterocycles. The van der Waals surface area contributed by atoms with Crippen LogP contribution in [0.25, 0.3) is 0 Å². The maximum Gasteiger partial charge on any atom is 0.233 e. The molecule has 0 unspecified atom stereocenters. The number of nitrogens with one attached hydrogen (secondary N) is 3. The lowest BCUT2D eigenvalue weighted by atomic mass is 9.98. The molecule has 0 radical (unpaired) electrons. The predicted molar refractivity (Wildman–Crippen MR) is 113 cm³/mol. The van der Waals surface area contributed by atoms with E-state index in [1.54, 1.807) is 0 Å². The number of rotatable bonds is 9. The van der Waals surface area contributed by atoms with Crippen molar-refractivity contribution in [3.8, 4) is 0 Å². The van der Waals surface area contributed by atoms with E-state index >= 15 is 0 Å². The highest BCUT2D eigenvalue weighted by Gasteiger charge is 2.15. The molecule has 0 spiro atoms. The van der Waals surface area contributed by atoms with Gasteiger partial charge >= 0.3 is 0 Å². The van der Waals surface area contributed by atoms with Gasteiger partial charge in [0, 0.05) is 12.1 Å². The lowest BCUT2D eigenvalue weighted by molar-refractivity contribution is -0.120. The third-order valence-corrected chi connectivity index (χ3v) is 4.34. The summed E-state index contributed by atoms with van der Waals surface area (Å²) in [5.41, 5.74) is 3.66. The Hall–Kier alpha value is -2.17. The van der Waals surface area contributed by atoms with E-state index in [4.69, 9.17) is 0 Å². The molecule has 0 bridgehead atoms. The minimum absolute atomic E-state index is 0.0000993. The van der Waals surface area contributed by atoms with Crippen molar-refractivity contribution in [1.82, 2.24) is 16.0 Å². The Morgan fingerprint density at radius 1 is 0.926 bits per heavy atom. The SMILES string of the molecule is Cc1ccc([C@@H](NCC(=O)NCCCNC(C)(C)C)c2ccccc2)cc1. The van der Waals surface area contributed by atoms with Crippen LogP contribution in [0.1, 0.15) is 49.9 Å². The van der Waals surface area contributed by atoms with Gasteiger partial charge in [0.15, 0.2) is 0 Å². The molecule has 4 nitrogen and oxygen atoms in total. The molecule has 27 heavy (non-hydrogen) atoms. The second-order valence-corrected chi connectivity index (χ2v) is 8.02. The van der Waals surface area contributed by atoms with Crippen LogP contribution in [0, 0.1) is 6.92 Å². The average Bonchev–Trinajstić information content (AvgIpc) is 2.63. The molecular formula is C23H33N3O. The number of hydrogen-bond donors (Lipinski definition) is 3. The van der Waals surface area contributed by atoms with Gasteiger partial charge in [-0.1, -0.05) is 60.2 Å². The van der Waals surface area contributed by atoms with Gasteiger partial charge in [0.2, 0.25) is 5.91 Å². The standard InChI is InChI=1S/C23H33N3O/c1-18-11-13-20(14-12-18)22(19-9-6-5-7-10-19)25-17-21(27)24-15-8-16-26-23(2,3)4/h5-7,9-14,22,25-26H,8,15-17H2,1-4H3,(H,24,27)/t22-/m0/s1. The van der Waals surface area contributed by atoms with Crippen LogP contribution >= 0.6 is 0 Å². The van der Waals surface area contributed by atoms with Crippen LogP contribution in [0.4, 0.5) is 0 Å². The number of hydrogen-bond acceptors (Lipinski definition) is 3. The average molecular weight is 368 g/mol. The summed E-state index contributed by atoms with van der Waals surface area (Å²) >= 11 is 0. The largest absolute Gasteiger partial charge is 0.355 e. The first kappa shape index (κ1) is 21.1. The van der Waals surface area contributed by atoms with Crippen molar-refractivity contribution in [2.75, 3.05) is 19.6 Å². The molecule has 3 N–H and O–H groups in total. The molecule has 2 aromatic carbocycles. The molecule has 1 atom stereocenters. The fourth-order valence-electron chi connectivity index (χ4n) is 2.87. The van der Waals surface area contributed by atoms with Gasteiger partial charge < -0.3 is 10.6 Å². The van der Waals surface area contributed by atoms with Gasteiger partial charge in [-0.2, -0.15) is 0 Å². The molecule has 0 fully saturated rings. The first-order valence-electron chi connectivity index (χ1n) is 9.72. The Balaban J connectivity index is 1.87. The fraction of sp³-hybridized carbons (Fsp3) is 0.435. The maximum absolute atomic E-state index is 12.2. The van der Waals surface area contributed by atoms with Gasteiger partial charge in [-0.15, -0.1) is 0 Å². The van der Waals surface area contributed by atoms with Gasteiger partial charge in [-0.05, 0) is 51.8 Å². The van der Waals surface area contributed by atoms with Crippen LogP contribution in [0.2, 0.25) is 0 Å². The van der Waals surface area contributed by atoms with Crippen molar-refractivity contribution in [3.63, 3.8) is 0 Å². The third kappa shape index (κ3) is 7.94. The highest BCUT2D eigenvalue weighted by Crippen LogP contribution is 2.22. The molecule has 2 aromatic rings. The Bertz CT molecular complexity index is 690. The van der Waals surface area contributed by atoms with E-state index in [0.717, 1.165) is 24.1 Å². The highest BCUT2D eigenvalue weighted by atomic mass is 16.1.